The first-order valence-corrected chi connectivity index (χ1v) is 15.3. The highest BCUT2D eigenvalue weighted by molar-refractivity contribution is 5.76. The summed E-state index contributed by atoms with van der Waals surface area (Å²) in [5.41, 5.74) is 1.39. The topological polar surface area (TPSA) is 100 Å². The number of nitrogens with zero attached hydrogens (tertiary/aromatic N) is 5. The first kappa shape index (κ1) is 28.2. The standard InChI is InChI=1S/C30H41F2N7O2/c31-20-4-13-26(25(32)18-20)35-30-36-27-19-33-29(37-28(27)39(30)22-7-9-23(40)10-8-22)34-21-5-11-24(12-6-21)41-17-16-38-14-2-1-3-15-38/h4,13,18-19,21-24,40H,1-3,5-12,14-17H2,(H,35,36)(H,33,34,37). The third-order valence-electron chi connectivity index (χ3n) is 8.86. The van der Waals surface area contributed by atoms with Crippen LogP contribution in [-0.2, 0) is 4.74 Å². The van der Waals surface area contributed by atoms with Crippen molar-refractivity contribution in [3.63, 3.8) is 0 Å². The van der Waals surface area contributed by atoms with Gasteiger partial charge >= 0.3 is 0 Å². The van der Waals surface area contributed by atoms with Crippen LogP contribution in [0.4, 0.5) is 26.4 Å². The first-order chi connectivity index (χ1) is 20.0. The van der Waals surface area contributed by atoms with Gasteiger partial charge in [0.2, 0.25) is 11.9 Å². The van der Waals surface area contributed by atoms with Crippen LogP contribution in [0.2, 0.25) is 0 Å². The number of aliphatic hydroxyl groups excluding tert-OH is 1. The first-order valence-electron chi connectivity index (χ1n) is 15.3. The third-order valence-corrected chi connectivity index (χ3v) is 8.86. The lowest BCUT2D eigenvalue weighted by molar-refractivity contribution is 0.0123. The van der Waals surface area contributed by atoms with E-state index < -0.39 is 11.6 Å². The van der Waals surface area contributed by atoms with E-state index in [2.05, 4.69) is 25.5 Å². The van der Waals surface area contributed by atoms with E-state index in [4.69, 9.17) is 9.72 Å². The maximum absolute atomic E-state index is 14.5. The van der Waals surface area contributed by atoms with Crippen LogP contribution in [0.3, 0.4) is 0 Å². The van der Waals surface area contributed by atoms with Crippen LogP contribution in [-0.4, -0.2) is 74.0 Å². The molecule has 0 bridgehead atoms. The van der Waals surface area contributed by atoms with Crippen molar-refractivity contribution in [3.05, 3.63) is 36.0 Å². The van der Waals surface area contributed by atoms with Gasteiger partial charge in [0.1, 0.15) is 17.2 Å². The molecule has 1 saturated heterocycles. The van der Waals surface area contributed by atoms with Gasteiger partial charge in [-0.2, -0.15) is 4.98 Å². The molecule has 3 N–H and O–H groups in total. The maximum Gasteiger partial charge on any atom is 0.224 e. The number of hydrogen-bond acceptors (Lipinski definition) is 8. The van der Waals surface area contributed by atoms with Crippen LogP contribution >= 0.6 is 0 Å². The molecule has 0 spiro atoms. The summed E-state index contributed by atoms with van der Waals surface area (Å²) in [6.07, 6.45) is 12.5. The van der Waals surface area contributed by atoms with Gasteiger partial charge in [-0.3, -0.25) is 4.57 Å². The van der Waals surface area contributed by atoms with Crippen molar-refractivity contribution in [1.29, 1.82) is 0 Å². The van der Waals surface area contributed by atoms with E-state index in [1.807, 2.05) is 4.57 Å². The number of aromatic nitrogens is 4. The summed E-state index contributed by atoms with van der Waals surface area (Å²) in [5.74, 6) is -0.353. The van der Waals surface area contributed by atoms with E-state index in [1.54, 1.807) is 6.20 Å². The van der Waals surface area contributed by atoms with E-state index in [9.17, 15) is 13.9 Å². The number of benzene rings is 1. The van der Waals surface area contributed by atoms with E-state index >= 15 is 0 Å². The van der Waals surface area contributed by atoms with E-state index in [-0.39, 0.29) is 23.9 Å². The minimum Gasteiger partial charge on any atom is -0.393 e. The number of likely N-dealkylation sites (tertiary alicyclic amines) is 1. The fourth-order valence-corrected chi connectivity index (χ4v) is 6.51. The molecule has 2 saturated carbocycles. The minimum absolute atomic E-state index is 0.0367. The average Bonchev–Trinajstić information content (AvgIpc) is 3.33. The van der Waals surface area contributed by atoms with Crippen molar-refractivity contribution in [1.82, 2.24) is 24.4 Å². The second kappa shape index (κ2) is 13.0. The number of halogens is 2. The fourth-order valence-electron chi connectivity index (χ4n) is 6.51. The molecular weight excluding hydrogens is 528 g/mol. The Labute approximate surface area is 239 Å². The SMILES string of the molecule is OC1CCC(n2c(Nc3ccc(F)cc3F)nc3cnc(NC4CCC(OCCN5CCCCC5)CC4)nc32)CC1. The van der Waals surface area contributed by atoms with Crippen molar-refractivity contribution in [2.45, 2.75) is 94.9 Å². The molecule has 0 amide bonds. The van der Waals surface area contributed by atoms with Gasteiger partial charge in [0.25, 0.3) is 0 Å². The second-order valence-corrected chi connectivity index (χ2v) is 11.8. The molecule has 11 heteroatoms. The largest absolute Gasteiger partial charge is 0.393 e. The Hall–Kier alpha value is -2.89. The Kier molecular flexibility index (Phi) is 8.92. The quantitative estimate of drug-likeness (QED) is 0.309. The van der Waals surface area contributed by atoms with Crippen molar-refractivity contribution in [2.24, 2.45) is 0 Å². The summed E-state index contributed by atoms with van der Waals surface area (Å²) in [5, 5.41) is 16.7. The number of imidazole rings is 1. The number of hydrogen-bond donors (Lipinski definition) is 3. The molecule has 9 nitrogen and oxygen atoms in total. The molecule has 1 aliphatic heterocycles. The predicted octanol–water partition coefficient (Wildman–Crippen LogP) is 5.55. The lowest BCUT2D eigenvalue weighted by Crippen LogP contribution is -2.35. The van der Waals surface area contributed by atoms with Crippen LogP contribution in [0.15, 0.2) is 24.4 Å². The molecule has 1 aromatic carbocycles. The summed E-state index contributed by atoms with van der Waals surface area (Å²) in [6.45, 7) is 4.24. The van der Waals surface area contributed by atoms with E-state index in [1.165, 1.54) is 44.5 Å². The van der Waals surface area contributed by atoms with Crippen LogP contribution in [0.1, 0.15) is 76.7 Å². The zero-order chi connectivity index (χ0) is 28.2. The maximum atomic E-state index is 14.5. The normalized spacial score (nSPS) is 25.8. The Morgan fingerprint density at radius 3 is 2.49 bits per heavy atom. The Morgan fingerprint density at radius 1 is 0.951 bits per heavy atom. The molecule has 0 radical (unpaired) electrons. The number of aliphatic hydroxyl groups is 1. The number of piperidine rings is 1. The number of fused-ring (bicyclic) bond motifs is 1. The van der Waals surface area contributed by atoms with Gasteiger partial charge in [0.05, 0.1) is 30.7 Å². The Morgan fingerprint density at radius 2 is 1.73 bits per heavy atom. The number of ether oxygens (including phenoxy) is 1. The van der Waals surface area contributed by atoms with Crippen LogP contribution in [0, 0.1) is 11.6 Å². The fraction of sp³-hybridized carbons (Fsp3) is 0.633. The highest BCUT2D eigenvalue weighted by Gasteiger charge is 2.27. The zero-order valence-electron chi connectivity index (χ0n) is 23.6. The van der Waals surface area contributed by atoms with Crippen LogP contribution < -0.4 is 10.6 Å². The summed E-state index contributed by atoms with van der Waals surface area (Å²) in [7, 11) is 0. The van der Waals surface area contributed by atoms with Crippen molar-refractivity contribution in [3.8, 4) is 0 Å². The van der Waals surface area contributed by atoms with Gasteiger partial charge in [0.15, 0.2) is 5.65 Å². The summed E-state index contributed by atoms with van der Waals surface area (Å²) in [4.78, 5) is 16.6. The third kappa shape index (κ3) is 6.95. The molecule has 0 unspecified atom stereocenters. The van der Waals surface area contributed by atoms with Gasteiger partial charge in [-0.25, -0.2) is 18.7 Å². The van der Waals surface area contributed by atoms with E-state index in [0.717, 1.165) is 57.7 Å². The second-order valence-electron chi connectivity index (χ2n) is 11.8. The molecular formula is C30H41F2N7O2. The highest BCUT2D eigenvalue weighted by Crippen LogP contribution is 2.35. The summed E-state index contributed by atoms with van der Waals surface area (Å²) >= 11 is 0. The predicted molar refractivity (Wildman–Crippen MR) is 154 cm³/mol. The molecule has 3 fully saturated rings. The van der Waals surface area contributed by atoms with Crippen molar-refractivity contribution >= 4 is 28.7 Å². The minimum atomic E-state index is -0.692. The highest BCUT2D eigenvalue weighted by atomic mass is 19.1. The summed E-state index contributed by atoms with van der Waals surface area (Å²) < 4.78 is 36.2. The molecule has 41 heavy (non-hydrogen) atoms. The van der Waals surface area contributed by atoms with Crippen molar-refractivity contribution < 1.29 is 18.6 Å². The molecule has 2 aliphatic carbocycles. The van der Waals surface area contributed by atoms with E-state index in [0.29, 0.717) is 42.0 Å². The van der Waals surface area contributed by atoms with Crippen LogP contribution in [0.5, 0.6) is 0 Å². The van der Waals surface area contributed by atoms with Crippen LogP contribution in [0.25, 0.3) is 11.2 Å². The molecule has 0 atom stereocenters. The molecule has 3 aliphatic rings. The lowest BCUT2D eigenvalue weighted by atomic mass is 9.93. The molecule has 2 aromatic heterocycles. The molecule has 6 rings (SSSR count). The monoisotopic (exact) mass is 569 g/mol. The molecule has 222 valence electrons. The van der Waals surface area contributed by atoms with Gasteiger partial charge < -0.3 is 25.4 Å². The van der Waals surface area contributed by atoms with Crippen molar-refractivity contribution in [2.75, 3.05) is 36.9 Å². The Balaban J connectivity index is 1.13. The van der Waals surface area contributed by atoms with Gasteiger partial charge in [-0.1, -0.05) is 6.42 Å². The van der Waals surface area contributed by atoms with Gasteiger partial charge in [-0.15, -0.1) is 0 Å². The lowest BCUT2D eigenvalue weighted by Gasteiger charge is -2.31. The smallest absolute Gasteiger partial charge is 0.224 e. The van der Waals surface area contributed by atoms with Gasteiger partial charge in [0, 0.05) is 24.7 Å². The number of anilines is 3. The average molecular weight is 570 g/mol. The molecule has 3 heterocycles. The molecule has 3 aromatic rings. The summed E-state index contributed by atoms with van der Waals surface area (Å²) in [6, 6.07) is 3.73. The number of nitrogens with one attached hydrogen (secondary N) is 2. The number of rotatable bonds is 9. The zero-order valence-corrected chi connectivity index (χ0v) is 23.6. The van der Waals surface area contributed by atoms with Gasteiger partial charge in [-0.05, 0) is 89.4 Å². The Bertz CT molecular complexity index is 1300.